The lowest BCUT2D eigenvalue weighted by molar-refractivity contribution is 0.0953. The Morgan fingerprint density at radius 2 is 2.09 bits per heavy atom. The molecule has 0 spiro atoms. The molecule has 33 heavy (non-hydrogen) atoms. The number of amides is 1. The number of carbonyl (C=O) groups is 1. The van der Waals surface area contributed by atoms with E-state index in [0.717, 1.165) is 78.9 Å². The number of nitrogens with zero attached hydrogens (tertiary/aromatic N) is 4. The molecular weight excluding hydrogens is 412 g/mol. The fourth-order valence-corrected chi connectivity index (χ4v) is 4.08. The largest absolute Gasteiger partial charge is 0.355 e. The smallest absolute Gasteiger partial charge is 0.251 e. The molecule has 4 rings (SSSR count). The minimum atomic E-state index is -0.0885. The Kier molecular flexibility index (Phi) is 7.50. The fourth-order valence-electron chi connectivity index (χ4n) is 4.08. The number of hydrogen-bond acceptors (Lipinski definition) is 5. The Labute approximate surface area is 195 Å². The van der Waals surface area contributed by atoms with Crippen LogP contribution in [-0.4, -0.2) is 45.7 Å². The number of aromatic nitrogens is 4. The van der Waals surface area contributed by atoms with Crippen molar-refractivity contribution in [3.8, 4) is 0 Å². The highest BCUT2D eigenvalue weighted by molar-refractivity contribution is 5.97. The average molecular weight is 445 g/mol. The number of benzene rings is 1. The van der Waals surface area contributed by atoms with Crippen LogP contribution in [-0.2, 0) is 6.42 Å². The first kappa shape index (κ1) is 22.7. The molecule has 0 unspecified atom stereocenters. The summed E-state index contributed by atoms with van der Waals surface area (Å²) >= 11 is 0. The van der Waals surface area contributed by atoms with Gasteiger partial charge < -0.3 is 10.2 Å². The number of anilines is 1. The molecule has 2 aromatic heterocycles. The number of nitrogens with one attached hydrogen (secondary N) is 2. The molecule has 1 aliphatic rings. The van der Waals surface area contributed by atoms with Crippen molar-refractivity contribution < 1.29 is 4.79 Å². The van der Waals surface area contributed by atoms with Gasteiger partial charge in [0.1, 0.15) is 5.69 Å². The van der Waals surface area contributed by atoms with Gasteiger partial charge in [0.2, 0.25) is 0 Å². The maximum atomic E-state index is 12.7. The molecule has 172 valence electrons. The van der Waals surface area contributed by atoms with E-state index in [1.54, 1.807) is 0 Å². The number of rotatable bonds is 10. The SMILES string of the molecule is CCCN(CC)c1nc2ccc(C(=O)NCCCc3cn[nH]c3)cc2nc1C1=CCCC=C1. The number of H-pyrrole nitrogens is 1. The summed E-state index contributed by atoms with van der Waals surface area (Å²) in [6.07, 6.45) is 15.1. The summed E-state index contributed by atoms with van der Waals surface area (Å²) in [5, 5.41) is 9.77. The van der Waals surface area contributed by atoms with E-state index >= 15 is 0 Å². The summed E-state index contributed by atoms with van der Waals surface area (Å²) in [6, 6.07) is 5.59. The second-order valence-electron chi connectivity index (χ2n) is 8.28. The Hall–Kier alpha value is -3.48. The van der Waals surface area contributed by atoms with Crippen molar-refractivity contribution in [1.29, 1.82) is 0 Å². The molecule has 2 N–H and O–H groups in total. The van der Waals surface area contributed by atoms with Gasteiger partial charge in [-0.25, -0.2) is 9.97 Å². The lowest BCUT2D eigenvalue weighted by Gasteiger charge is -2.24. The number of fused-ring (bicyclic) bond motifs is 1. The van der Waals surface area contributed by atoms with Crippen molar-refractivity contribution in [3.63, 3.8) is 0 Å². The lowest BCUT2D eigenvalue weighted by atomic mass is 10.0. The quantitative estimate of drug-likeness (QED) is 0.443. The van der Waals surface area contributed by atoms with Crippen LogP contribution in [0.15, 0.2) is 48.8 Å². The highest BCUT2D eigenvalue weighted by Gasteiger charge is 2.18. The third-order valence-electron chi connectivity index (χ3n) is 5.83. The molecule has 2 heterocycles. The van der Waals surface area contributed by atoms with Gasteiger partial charge in [-0.15, -0.1) is 0 Å². The van der Waals surface area contributed by atoms with Gasteiger partial charge in [-0.1, -0.05) is 25.2 Å². The summed E-state index contributed by atoms with van der Waals surface area (Å²) in [5.74, 6) is 0.829. The highest BCUT2D eigenvalue weighted by Crippen LogP contribution is 2.30. The van der Waals surface area contributed by atoms with E-state index in [2.05, 4.69) is 52.5 Å². The minimum absolute atomic E-state index is 0.0885. The van der Waals surface area contributed by atoms with E-state index in [-0.39, 0.29) is 5.91 Å². The van der Waals surface area contributed by atoms with Crippen LogP contribution in [0.25, 0.3) is 16.6 Å². The first-order valence-electron chi connectivity index (χ1n) is 11.9. The van der Waals surface area contributed by atoms with Crippen LogP contribution in [0.1, 0.15) is 61.1 Å². The summed E-state index contributed by atoms with van der Waals surface area (Å²) in [6.45, 7) is 6.74. The van der Waals surface area contributed by atoms with E-state index in [1.165, 1.54) is 0 Å². The number of allylic oxidation sites excluding steroid dienone is 4. The van der Waals surface area contributed by atoms with Crippen LogP contribution in [0.3, 0.4) is 0 Å². The van der Waals surface area contributed by atoms with Crippen molar-refractivity contribution in [2.75, 3.05) is 24.5 Å². The molecule has 0 saturated carbocycles. The second kappa shape index (κ2) is 10.9. The highest BCUT2D eigenvalue weighted by atomic mass is 16.1. The Morgan fingerprint density at radius 1 is 1.18 bits per heavy atom. The van der Waals surface area contributed by atoms with Gasteiger partial charge in [-0.05, 0) is 68.4 Å². The molecular formula is C26H32N6O. The van der Waals surface area contributed by atoms with Crippen LogP contribution in [0.5, 0.6) is 0 Å². The van der Waals surface area contributed by atoms with Crippen molar-refractivity contribution in [2.24, 2.45) is 0 Å². The van der Waals surface area contributed by atoms with Gasteiger partial charge in [-0.3, -0.25) is 9.89 Å². The Morgan fingerprint density at radius 3 is 2.82 bits per heavy atom. The zero-order valence-corrected chi connectivity index (χ0v) is 19.5. The molecule has 0 radical (unpaired) electrons. The van der Waals surface area contributed by atoms with Gasteiger partial charge in [0.15, 0.2) is 5.82 Å². The maximum absolute atomic E-state index is 12.7. The monoisotopic (exact) mass is 444 g/mol. The van der Waals surface area contributed by atoms with Gasteiger partial charge in [0.05, 0.1) is 17.2 Å². The van der Waals surface area contributed by atoms with Gasteiger partial charge in [0.25, 0.3) is 5.91 Å². The molecule has 7 nitrogen and oxygen atoms in total. The van der Waals surface area contributed by atoms with E-state index in [0.29, 0.717) is 12.1 Å². The summed E-state index contributed by atoms with van der Waals surface area (Å²) in [5.41, 5.74) is 5.30. The van der Waals surface area contributed by atoms with Crippen molar-refractivity contribution >= 4 is 28.3 Å². The molecule has 0 aliphatic heterocycles. The number of aryl methyl sites for hydroxylation is 1. The molecule has 0 fully saturated rings. The van der Waals surface area contributed by atoms with Crippen molar-refractivity contribution in [1.82, 2.24) is 25.5 Å². The zero-order valence-electron chi connectivity index (χ0n) is 19.5. The molecule has 3 aromatic rings. The molecule has 0 atom stereocenters. The Balaban J connectivity index is 1.57. The lowest BCUT2D eigenvalue weighted by Crippen LogP contribution is -2.26. The predicted octanol–water partition coefficient (Wildman–Crippen LogP) is 4.69. The summed E-state index contributed by atoms with van der Waals surface area (Å²) in [7, 11) is 0. The first-order chi connectivity index (χ1) is 16.2. The third-order valence-corrected chi connectivity index (χ3v) is 5.83. The summed E-state index contributed by atoms with van der Waals surface area (Å²) < 4.78 is 0. The standard InChI is InChI=1S/C26H32N6O/c1-3-15-32(4-2)25-24(20-10-6-5-7-11-20)30-23-16-21(12-13-22(23)31-25)26(33)27-14-8-9-19-17-28-29-18-19/h6,10-13,16-18H,3-5,7-9,14-15H2,1-2H3,(H,27,33)(H,28,29). The van der Waals surface area contributed by atoms with Crippen LogP contribution >= 0.6 is 0 Å². The second-order valence-corrected chi connectivity index (χ2v) is 8.28. The molecule has 0 saturated heterocycles. The van der Waals surface area contributed by atoms with Crippen LogP contribution < -0.4 is 10.2 Å². The van der Waals surface area contributed by atoms with Crippen molar-refractivity contribution in [2.45, 2.75) is 46.0 Å². The number of hydrogen-bond donors (Lipinski definition) is 2. The minimum Gasteiger partial charge on any atom is -0.355 e. The first-order valence-corrected chi connectivity index (χ1v) is 11.9. The van der Waals surface area contributed by atoms with Crippen LogP contribution in [0.2, 0.25) is 0 Å². The summed E-state index contributed by atoms with van der Waals surface area (Å²) in [4.78, 5) is 25.0. The van der Waals surface area contributed by atoms with Crippen LogP contribution in [0.4, 0.5) is 5.82 Å². The predicted molar refractivity (Wildman–Crippen MR) is 133 cm³/mol. The third kappa shape index (κ3) is 5.48. The topological polar surface area (TPSA) is 86.8 Å². The number of aromatic amines is 1. The van der Waals surface area contributed by atoms with E-state index in [4.69, 9.17) is 9.97 Å². The fraction of sp³-hybridized carbons (Fsp3) is 0.385. The number of carbonyl (C=O) groups excluding carboxylic acids is 1. The molecule has 1 aromatic carbocycles. The van der Waals surface area contributed by atoms with E-state index in [9.17, 15) is 4.79 Å². The van der Waals surface area contributed by atoms with Crippen molar-refractivity contribution in [3.05, 3.63) is 65.6 Å². The van der Waals surface area contributed by atoms with Gasteiger partial charge in [0, 0.05) is 31.4 Å². The average Bonchev–Trinajstić information content (AvgIpc) is 3.38. The zero-order chi connectivity index (χ0) is 23.0. The molecule has 1 amide bonds. The van der Waals surface area contributed by atoms with Gasteiger partial charge >= 0.3 is 0 Å². The van der Waals surface area contributed by atoms with Gasteiger partial charge in [-0.2, -0.15) is 5.10 Å². The Bertz CT molecular complexity index is 1150. The van der Waals surface area contributed by atoms with Crippen LogP contribution in [0, 0.1) is 0 Å². The molecule has 0 bridgehead atoms. The van der Waals surface area contributed by atoms with E-state index < -0.39 is 0 Å². The van der Waals surface area contributed by atoms with E-state index in [1.807, 2.05) is 30.6 Å². The molecule has 1 aliphatic carbocycles. The molecule has 7 heteroatoms. The maximum Gasteiger partial charge on any atom is 0.251 e. The normalized spacial score (nSPS) is 13.2.